The molecule has 0 aromatic heterocycles. The van der Waals surface area contributed by atoms with Gasteiger partial charge in [-0.15, -0.1) is 11.8 Å². The number of amides is 2. The van der Waals surface area contributed by atoms with Gasteiger partial charge in [-0.3, -0.25) is 9.59 Å². The van der Waals surface area contributed by atoms with Crippen molar-refractivity contribution in [1.29, 1.82) is 0 Å². The first-order chi connectivity index (χ1) is 15.5. The Kier molecular flexibility index (Phi) is 6.69. The number of benzene rings is 2. The first-order valence-electron chi connectivity index (χ1n) is 10.7. The lowest BCUT2D eigenvalue weighted by molar-refractivity contribution is -0.133. The molecule has 0 aliphatic heterocycles. The van der Waals surface area contributed by atoms with Gasteiger partial charge in [-0.1, -0.05) is 48.5 Å². The van der Waals surface area contributed by atoms with E-state index in [2.05, 4.69) is 34.9 Å². The minimum Gasteiger partial charge on any atom is -0.481 e. The van der Waals surface area contributed by atoms with Crippen LogP contribution in [0.4, 0.5) is 4.79 Å². The normalized spacial score (nSPS) is 15.4. The predicted octanol–water partition coefficient (Wildman–Crippen LogP) is 3.38. The Morgan fingerprint density at radius 1 is 1.03 bits per heavy atom. The van der Waals surface area contributed by atoms with Crippen molar-refractivity contribution in [3.63, 3.8) is 0 Å². The van der Waals surface area contributed by atoms with Gasteiger partial charge in [0.05, 0.1) is 11.3 Å². The van der Waals surface area contributed by atoms with Crippen LogP contribution < -0.4 is 10.6 Å². The Morgan fingerprint density at radius 3 is 2.25 bits per heavy atom. The number of carbonyl (C=O) groups excluding carboxylic acids is 2. The number of fused-ring (bicyclic) bond motifs is 3. The van der Waals surface area contributed by atoms with Gasteiger partial charge < -0.3 is 20.5 Å². The second-order valence-electron chi connectivity index (χ2n) is 8.20. The maximum Gasteiger partial charge on any atom is 0.407 e. The second kappa shape index (κ2) is 9.65. The van der Waals surface area contributed by atoms with Crippen molar-refractivity contribution < 1.29 is 24.2 Å². The van der Waals surface area contributed by atoms with Gasteiger partial charge in [0.25, 0.3) is 0 Å². The standard InChI is InChI=1S/C24H26N2O5S/c27-21(25-11-12-32-15-22(28)29)13-24(9-10-24)26-23(30)31-14-20-18-7-3-1-5-16(18)17-6-2-4-8-19(17)20/h1-8,20H,9-15H2,(H,25,27)(H,26,30)(H,28,29). The zero-order valence-corrected chi connectivity index (χ0v) is 18.5. The van der Waals surface area contributed by atoms with Crippen LogP contribution in [0.5, 0.6) is 0 Å². The van der Waals surface area contributed by atoms with E-state index in [-0.39, 0.29) is 30.6 Å². The van der Waals surface area contributed by atoms with Crippen LogP contribution in [0.2, 0.25) is 0 Å². The molecule has 32 heavy (non-hydrogen) atoms. The fourth-order valence-electron chi connectivity index (χ4n) is 4.14. The number of rotatable bonds is 10. The van der Waals surface area contributed by atoms with Crippen LogP contribution in [0.15, 0.2) is 48.5 Å². The summed E-state index contributed by atoms with van der Waals surface area (Å²) >= 11 is 1.25. The molecule has 8 heteroatoms. The van der Waals surface area contributed by atoms with Crippen molar-refractivity contribution in [3.8, 4) is 11.1 Å². The Hall–Kier alpha value is -3.00. The highest BCUT2D eigenvalue weighted by Gasteiger charge is 2.46. The summed E-state index contributed by atoms with van der Waals surface area (Å²) in [6.45, 7) is 0.640. The molecule has 0 heterocycles. The highest BCUT2D eigenvalue weighted by Crippen LogP contribution is 2.44. The predicted molar refractivity (Wildman–Crippen MR) is 123 cm³/mol. The molecule has 168 valence electrons. The number of carboxylic acids is 1. The van der Waals surface area contributed by atoms with Crippen molar-refractivity contribution in [2.24, 2.45) is 0 Å². The first kappa shape index (κ1) is 22.2. The summed E-state index contributed by atoms with van der Waals surface area (Å²) in [6, 6.07) is 16.3. The average molecular weight is 455 g/mol. The zero-order valence-electron chi connectivity index (χ0n) is 17.6. The van der Waals surface area contributed by atoms with E-state index in [1.807, 2.05) is 24.3 Å². The van der Waals surface area contributed by atoms with Crippen molar-refractivity contribution in [1.82, 2.24) is 10.6 Å². The van der Waals surface area contributed by atoms with Crippen LogP contribution in [0, 0.1) is 0 Å². The van der Waals surface area contributed by atoms with E-state index < -0.39 is 17.6 Å². The molecule has 0 atom stereocenters. The number of carboxylic acid groups (broad SMARTS) is 1. The Labute approximate surface area is 190 Å². The molecule has 2 amide bonds. The van der Waals surface area contributed by atoms with E-state index in [0.29, 0.717) is 12.3 Å². The van der Waals surface area contributed by atoms with Gasteiger partial charge >= 0.3 is 12.1 Å². The van der Waals surface area contributed by atoms with Gasteiger partial charge in [0.1, 0.15) is 6.61 Å². The largest absolute Gasteiger partial charge is 0.481 e. The molecule has 2 aliphatic carbocycles. The topological polar surface area (TPSA) is 105 Å². The fourth-order valence-corrected chi connectivity index (χ4v) is 4.71. The van der Waals surface area contributed by atoms with Gasteiger partial charge in [0.2, 0.25) is 5.91 Å². The lowest BCUT2D eigenvalue weighted by atomic mass is 9.98. The number of hydrogen-bond donors (Lipinski definition) is 3. The summed E-state index contributed by atoms with van der Waals surface area (Å²) in [5, 5.41) is 14.3. The molecule has 7 nitrogen and oxygen atoms in total. The van der Waals surface area contributed by atoms with Gasteiger partial charge in [0.15, 0.2) is 0 Å². The SMILES string of the molecule is O=C(O)CSCCNC(=O)CC1(NC(=O)OCC2c3ccccc3-c3ccccc32)CC1. The summed E-state index contributed by atoms with van der Waals surface area (Å²) in [6.07, 6.45) is 1.16. The summed E-state index contributed by atoms with van der Waals surface area (Å²) in [5.41, 5.74) is 4.12. The van der Waals surface area contributed by atoms with E-state index in [4.69, 9.17) is 9.84 Å². The molecule has 3 N–H and O–H groups in total. The highest BCUT2D eigenvalue weighted by molar-refractivity contribution is 7.99. The highest BCUT2D eigenvalue weighted by atomic mass is 32.2. The average Bonchev–Trinajstić information content (AvgIpc) is 3.44. The van der Waals surface area contributed by atoms with E-state index in [9.17, 15) is 14.4 Å². The van der Waals surface area contributed by atoms with E-state index in [1.165, 1.54) is 22.9 Å². The number of carbonyl (C=O) groups is 3. The Balaban J connectivity index is 1.26. The fraction of sp³-hybridized carbons (Fsp3) is 0.375. The number of thioether (sulfide) groups is 1. The Morgan fingerprint density at radius 2 is 1.66 bits per heavy atom. The molecule has 1 saturated carbocycles. The quantitative estimate of drug-likeness (QED) is 0.476. The first-order valence-corrected chi connectivity index (χ1v) is 11.8. The van der Waals surface area contributed by atoms with Crippen LogP contribution in [0.25, 0.3) is 11.1 Å². The van der Waals surface area contributed by atoms with Crippen LogP contribution in [0.3, 0.4) is 0 Å². The summed E-state index contributed by atoms with van der Waals surface area (Å²) in [7, 11) is 0. The van der Waals surface area contributed by atoms with Gasteiger partial charge in [-0.25, -0.2) is 4.79 Å². The maximum atomic E-state index is 12.5. The van der Waals surface area contributed by atoms with Crippen LogP contribution in [0.1, 0.15) is 36.3 Å². The van der Waals surface area contributed by atoms with Crippen molar-refractivity contribution >= 4 is 29.7 Å². The third-order valence-corrected chi connectivity index (χ3v) is 6.80. The summed E-state index contributed by atoms with van der Waals surface area (Å²) in [5.74, 6) is -0.480. The van der Waals surface area contributed by atoms with Crippen LogP contribution in [-0.4, -0.2) is 53.3 Å². The summed E-state index contributed by atoms with van der Waals surface area (Å²) < 4.78 is 5.59. The molecule has 0 spiro atoms. The van der Waals surface area contributed by atoms with Crippen molar-refractivity contribution in [2.45, 2.75) is 30.7 Å². The zero-order chi connectivity index (χ0) is 22.6. The molecule has 1 fully saturated rings. The molecular weight excluding hydrogens is 428 g/mol. The molecule has 2 aromatic rings. The molecule has 2 aliphatic rings. The number of hydrogen-bond acceptors (Lipinski definition) is 5. The molecule has 0 saturated heterocycles. The lowest BCUT2D eigenvalue weighted by Crippen LogP contribution is -2.42. The third kappa shape index (κ3) is 5.24. The van der Waals surface area contributed by atoms with Gasteiger partial charge in [0, 0.05) is 24.6 Å². The van der Waals surface area contributed by atoms with Gasteiger partial charge in [-0.05, 0) is 35.1 Å². The summed E-state index contributed by atoms with van der Waals surface area (Å²) in [4.78, 5) is 35.2. The minimum atomic E-state index is -0.870. The Bertz CT molecular complexity index is 975. The number of ether oxygens (including phenoxy) is 1. The number of alkyl carbamates (subject to hydrolysis) is 1. The monoisotopic (exact) mass is 454 g/mol. The van der Waals surface area contributed by atoms with E-state index in [0.717, 1.165) is 24.0 Å². The number of aliphatic carboxylic acids is 1. The smallest absolute Gasteiger partial charge is 0.407 e. The van der Waals surface area contributed by atoms with E-state index in [1.54, 1.807) is 0 Å². The van der Waals surface area contributed by atoms with Crippen molar-refractivity contribution in [2.75, 3.05) is 24.7 Å². The molecule has 0 bridgehead atoms. The molecule has 2 aromatic carbocycles. The molecular formula is C24H26N2O5S. The molecule has 4 rings (SSSR count). The lowest BCUT2D eigenvalue weighted by Gasteiger charge is -2.19. The van der Waals surface area contributed by atoms with Gasteiger partial charge in [-0.2, -0.15) is 0 Å². The molecule has 0 radical (unpaired) electrons. The minimum absolute atomic E-state index is 0.00472. The third-order valence-electron chi connectivity index (χ3n) is 5.86. The van der Waals surface area contributed by atoms with E-state index >= 15 is 0 Å². The second-order valence-corrected chi connectivity index (χ2v) is 9.31. The van der Waals surface area contributed by atoms with Crippen molar-refractivity contribution in [3.05, 3.63) is 59.7 Å². The maximum absolute atomic E-state index is 12.5. The number of nitrogens with one attached hydrogen (secondary N) is 2. The van der Waals surface area contributed by atoms with Crippen LogP contribution in [-0.2, 0) is 14.3 Å². The van der Waals surface area contributed by atoms with Crippen LogP contribution >= 0.6 is 11.8 Å². The molecule has 0 unspecified atom stereocenters.